The highest BCUT2D eigenvalue weighted by molar-refractivity contribution is 6.10. The lowest BCUT2D eigenvalue weighted by atomic mass is 10.0. The third-order valence-corrected chi connectivity index (χ3v) is 3.19. The van der Waals surface area contributed by atoms with Crippen LogP contribution in [0.4, 0.5) is 5.69 Å². The SMILES string of the molecule is Cc1ccc(C)c2c1[nH]c1ccc(N)cc12. The molecule has 0 radical (unpaired) electrons. The minimum atomic E-state index is 0.814. The first kappa shape index (κ1) is 9.28. The van der Waals surface area contributed by atoms with Crippen LogP contribution in [0.5, 0.6) is 0 Å². The van der Waals surface area contributed by atoms with Gasteiger partial charge < -0.3 is 10.7 Å². The van der Waals surface area contributed by atoms with E-state index in [1.807, 2.05) is 18.2 Å². The number of rotatable bonds is 0. The summed E-state index contributed by atoms with van der Waals surface area (Å²) in [5.74, 6) is 0. The molecule has 0 bridgehead atoms. The molecule has 2 heteroatoms. The second kappa shape index (κ2) is 3.01. The summed E-state index contributed by atoms with van der Waals surface area (Å²) in [5, 5.41) is 2.51. The van der Waals surface area contributed by atoms with Crippen molar-refractivity contribution in [3.05, 3.63) is 41.5 Å². The lowest BCUT2D eigenvalue weighted by molar-refractivity contribution is 1.42. The van der Waals surface area contributed by atoms with E-state index in [4.69, 9.17) is 5.73 Å². The summed E-state index contributed by atoms with van der Waals surface area (Å²) in [6.45, 7) is 4.26. The Morgan fingerprint density at radius 2 is 1.75 bits per heavy atom. The Morgan fingerprint density at radius 3 is 2.56 bits per heavy atom. The van der Waals surface area contributed by atoms with Gasteiger partial charge in [-0.15, -0.1) is 0 Å². The van der Waals surface area contributed by atoms with E-state index < -0.39 is 0 Å². The summed E-state index contributed by atoms with van der Waals surface area (Å²) in [6.07, 6.45) is 0. The zero-order valence-electron chi connectivity index (χ0n) is 9.46. The van der Waals surface area contributed by atoms with Crippen LogP contribution in [-0.2, 0) is 0 Å². The normalized spacial score (nSPS) is 11.4. The monoisotopic (exact) mass is 210 g/mol. The molecule has 0 saturated heterocycles. The number of nitrogens with two attached hydrogens (primary N) is 1. The Morgan fingerprint density at radius 1 is 1.00 bits per heavy atom. The van der Waals surface area contributed by atoms with Gasteiger partial charge in [-0.05, 0) is 43.2 Å². The topological polar surface area (TPSA) is 41.8 Å². The number of hydrogen-bond acceptors (Lipinski definition) is 1. The molecular weight excluding hydrogens is 196 g/mol. The highest BCUT2D eigenvalue weighted by atomic mass is 14.7. The lowest BCUT2D eigenvalue weighted by Gasteiger charge is -2.00. The maximum Gasteiger partial charge on any atom is 0.0497 e. The number of fused-ring (bicyclic) bond motifs is 3. The van der Waals surface area contributed by atoms with Gasteiger partial charge >= 0.3 is 0 Å². The smallest absolute Gasteiger partial charge is 0.0497 e. The summed E-state index contributed by atoms with van der Waals surface area (Å²) < 4.78 is 0. The molecule has 1 heterocycles. The van der Waals surface area contributed by atoms with Crippen LogP contribution < -0.4 is 5.73 Å². The number of anilines is 1. The van der Waals surface area contributed by atoms with Crippen molar-refractivity contribution in [1.29, 1.82) is 0 Å². The Hall–Kier alpha value is -1.96. The van der Waals surface area contributed by atoms with Crippen molar-refractivity contribution in [2.45, 2.75) is 13.8 Å². The molecule has 3 aromatic rings. The van der Waals surface area contributed by atoms with Gasteiger partial charge in [0.2, 0.25) is 0 Å². The minimum absolute atomic E-state index is 0.814. The van der Waals surface area contributed by atoms with Crippen molar-refractivity contribution in [3.63, 3.8) is 0 Å². The molecular formula is C14H14N2. The van der Waals surface area contributed by atoms with E-state index in [0.717, 1.165) is 11.2 Å². The molecule has 0 amide bonds. The molecule has 2 nitrogen and oxygen atoms in total. The van der Waals surface area contributed by atoms with Crippen LogP contribution in [0.15, 0.2) is 30.3 Å². The molecule has 0 spiro atoms. The van der Waals surface area contributed by atoms with Crippen LogP contribution in [0, 0.1) is 13.8 Å². The second-order valence-corrected chi connectivity index (χ2v) is 4.38. The Bertz CT molecular complexity index is 693. The summed E-state index contributed by atoms with van der Waals surface area (Å²) in [7, 11) is 0. The molecule has 0 aliphatic rings. The first-order valence-electron chi connectivity index (χ1n) is 5.44. The molecule has 0 atom stereocenters. The Labute approximate surface area is 94.1 Å². The van der Waals surface area contributed by atoms with E-state index in [1.165, 1.54) is 27.4 Å². The molecule has 0 saturated carbocycles. The van der Waals surface area contributed by atoms with Crippen molar-refractivity contribution in [2.75, 3.05) is 5.73 Å². The first-order valence-corrected chi connectivity index (χ1v) is 5.44. The predicted octanol–water partition coefficient (Wildman–Crippen LogP) is 3.52. The summed E-state index contributed by atoms with van der Waals surface area (Å²) in [6, 6.07) is 10.3. The lowest BCUT2D eigenvalue weighted by Crippen LogP contribution is -1.82. The number of H-pyrrole nitrogens is 1. The molecule has 16 heavy (non-hydrogen) atoms. The van der Waals surface area contributed by atoms with Gasteiger partial charge in [0.25, 0.3) is 0 Å². The highest BCUT2D eigenvalue weighted by Gasteiger charge is 2.08. The van der Waals surface area contributed by atoms with Crippen LogP contribution in [0.25, 0.3) is 21.8 Å². The molecule has 0 aliphatic carbocycles. The largest absolute Gasteiger partial charge is 0.399 e. The van der Waals surface area contributed by atoms with E-state index in [0.29, 0.717) is 0 Å². The zero-order valence-corrected chi connectivity index (χ0v) is 9.46. The van der Waals surface area contributed by atoms with Crippen molar-refractivity contribution < 1.29 is 0 Å². The van der Waals surface area contributed by atoms with E-state index in [9.17, 15) is 0 Å². The maximum absolute atomic E-state index is 5.85. The predicted molar refractivity (Wildman–Crippen MR) is 69.7 cm³/mol. The van der Waals surface area contributed by atoms with Crippen LogP contribution in [0.3, 0.4) is 0 Å². The number of aromatic amines is 1. The molecule has 0 aliphatic heterocycles. The van der Waals surface area contributed by atoms with Crippen LogP contribution >= 0.6 is 0 Å². The van der Waals surface area contributed by atoms with Gasteiger partial charge in [0.1, 0.15) is 0 Å². The van der Waals surface area contributed by atoms with E-state index in [2.05, 4.69) is 31.0 Å². The van der Waals surface area contributed by atoms with Crippen molar-refractivity contribution >= 4 is 27.5 Å². The molecule has 3 N–H and O–H groups in total. The number of aromatic nitrogens is 1. The van der Waals surface area contributed by atoms with Gasteiger partial charge in [-0.1, -0.05) is 12.1 Å². The summed E-state index contributed by atoms with van der Waals surface area (Å²) in [5.41, 5.74) is 11.6. The van der Waals surface area contributed by atoms with Gasteiger partial charge in [-0.2, -0.15) is 0 Å². The standard InChI is InChI=1S/C14H14N2/c1-8-3-4-9(2)14-13(8)11-7-10(15)5-6-12(11)16-14/h3-7,16H,15H2,1-2H3. The van der Waals surface area contributed by atoms with Crippen molar-refractivity contribution in [2.24, 2.45) is 0 Å². The van der Waals surface area contributed by atoms with Crippen molar-refractivity contribution in [3.8, 4) is 0 Å². The minimum Gasteiger partial charge on any atom is -0.399 e. The fourth-order valence-corrected chi connectivity index (χ4v) is 2.33. The first-order chi connectivity index (χ1) is 7.66. The molecule has 1 aromatic heterocycles. The molecule has 0 fully saturated rings. The number of aryl methyl sites for hydroxylation is 2. The van der Waals surface area contributed by atoms with Crippen LogP contribution in [0.2, 0.25) is 0 Å². The van der Waals surface area contributed by atoms with Gasteiger partial charge in [-0.25, -0.2) is 0 Å². The van der Waals surface area contributed by atoms with E-state index in [-0.39, 0.29) is 0 Å². The quantitative estimate of drug-likeness (QED) is 0.548. The van der Waals surface area contributed by atoms with E-state index in [1.54, 1.807) is 0 Å². The van der Waals surface area contributed by atoms with Crippen molar-refractivity contribution in [1.82, 2.24) is 4.98 Å². The third-order valence-electron chi connectivity index (χ3n) is 3.19. The fraction of sp³-hybridized carbons (Fsp3) is 0.143. The van der Waals surface area contributed by atoms with Gasteiger partial charge in [0.05, 0.1) is 0 Å². The molecule has 80 valence electrons. The maximum atomic E-state index is 5.85. The Balaban J connectivity index is 2.62. The highest BCUT2D eigenvalue weighted by Crippen LogP contribution is 2.31. The number of benzene rings is 2. The number of nitrogen functional groups attached to an aromatic ring is 1. The second-order valence-electron chi connectivity index (χ2n) is 4.38. The fourth-order valence-electron chi connectivity index (χ4n) is 2.33. The van der Waals surface area contributed by atoms with Crippen LogP contribution in [0.1, 0.15) is 11.1 Å². The number of hydrogen-bond donors (Lipinski definition) is 2. The molecule has 2 aromatic carbocycles. The molecule has 3 rings (SSSR count). The number of nitrogens with one attached hydrogen (secondary N) is 1. The van der Waals surface area contributed by atoms with E-state index >= 15 is 0 Å². The zero-order chi connectivity index (χ0) is 11.3. The van der Waals surface area contributed by atoms with Gasteiger partial charge in [0.15, 0.2) is 0 Å². The summed E-state index contributed by atoms with van der Waals surface area (Å²) >= 11 is 0. The Kier molecular flexibility index (Phi) is 1.75. The average molecular weight is 210 g/mol. The van der Waals surface area contributed by atoms with Crippen LogP contribution in [-0.4, -0.2) is 4.98 Å². The van der Waals surface area contributed by atoms with Gasteiger partial charge in [0, 0.05) is 27.5 Å². The van der Waals surface area contributed by atoms with Gasteiger partial charge in [-0.3, -0.25) is 0 Å². The molecule has 0 unspecified atom stereocenters. The third kappa shape index (κ3) is 1.13. The summed E-state index contributed by atoms with van der Waals surface area (Å²) in [4.78, 5) is 3.46. The average Bonchev–Trinajstić information content (AvgIpc) is 2.63.